The van der Waals surface area contributed by atoms with Crippen molar-refractivity contribution in [3.8, 4) is 5.69 Å². The van der Waals surface area contributed by atoms with Crippen LogP contribution in [0.3, 0.4) is 0 Å². The predicted molar refractivity (Wildman–Crippen MR) is 122 cm³/mol. The summed E-state index contributed by atoms with van der Waals surface area (Å²) in [6, 6.07) is 18.5. The number of nitrogens with one attached hydrogen (secondary N) is 1. The van der Waals surface area contributed by atoms with Crippen LogP contribution in [0, 0.1) is 27.7 Å². The van der Waals surface area contributed by atoms with E-state index in [4.69, 9.17) is 0 Å². The van der Waals surface area contributed by atoms with Gasteiger partial charge >= 0.3 is 0 Å². The van der Waals surface area contributed by atoms with Crippen molar-refractivity contribution >= 4 is 23.9 Å². The van der Waals surface area contributed by atoms with Crippen LogP contribution in [0.4, 0.5) is 0 Å². The first-order chi connectivity index (χ1) is 13.9. The maximum Gasteiger partial charge on any atom is 0.253 e. The third kappa shape index (κ3) is 4.98. The number of benzene rings is 2. The fourth-order valence-electron chi connectivity index (χ4n) is 3.36. The number of carbonyl (C=O) groups is 1. The van der Waals surface area contributed by atoms with Gasteiger partial charge in [-0.15, -0.1) is 11.8 Å². The van der Waals surface area contributed by atoms with Crippen molar-refractivity contribution in [1.29, 1.82) is 0 Å². The standard InChI is InChI=1S/C24H27N3OS/c1-16-11-12-23(17(2)13-16)27-18(3)14-21(19(27)4)15-25-26-24(28)20(5)29-22-9-7-6-8-10-22/h6-15,20H,1-5H3,(H,26,28)/b25-15-/t20-/m0/s1. The molecule has 1 aromatic heterocycles. The van der Waals surface area contributed by atoms with Gasteiger partial charge in [0.15, 0.2) is 0 Å². The number of nitrogens with zero attached hydrogens (tertiary/aromatic N) is 2. The molecule has 0 aliphatic rings. The van der Waals surface area contributed by atoms with E-state index in [0.717, 1.165) is 21.8 Å². The number of aromatic nitrogens is 1. The van der Waals surface area contributed by atoms with Crippen molar-refractivity contribution in [1.82, 2.24) is 9.99 Å². The van der Waals surface area contributed by atoms with Crippen LogP contribution in [0.15, 0.2) is 64.6 Å². The minimum atomic E-state index is -0.225. The highest BCUT2D eigenvalue weighted by Crippen LogP contribution is 2.24. The summed E-state index contributed by atoms with van der Waals surface area (Å²) in [5.41, 5.74) is 9.54. The number of thioether (sulfide) groups is 1. The Bertz CT molecular complexity index is 1040. The zero-order valence-electron chi connectivity index (χ0n) is 17.6. The van der Waals surface area contributed by atoms with Gasteiger partial charge in [-0.3, -0.25) is 4.79 Å². The molecule has 0 spiro atoms. The number of amides is 1. The van der Waals surface area contributed by atoms with Crippen LogP contribution < -0.4 is 5.43 Å². The summed E-state index contributed by atoms with van der Waals surface area (Å²) >= 11 is 1.52. The van der Waals surface area contributed by atoms with Crippen LogP contribution in [-0.2, 0) is 4.79 Å². The Kier molecular flexibility index (Phi) is 6.60. The maximum atomic E-state index is 12.3. The fraction of sp³-hybridized carbons (Fsp3) is 0.250. The van der Waals surface area contributed by atoms with E-state index in [1.807, 2.05) is 37.3 Å². The van der Waals surface area contributed by atoms with Crippen LogP contribution in [0.5, 0.6) is 0 Å². The molecule has 29 heavy (non-hydrogen) atoms. The van der Waals surface area contributed by atoms with E-state index < -0.39 is 0 Å². The Balaban J connectivity index is 1.70. The first kappa shape index (κ1) is 20.9. The first-order valence-corrected chi connectivity index (χ1v) is 10.6. The molecule has 5 heteroatoms. The van der Waals surface area contributed by atoms with Crippen molar-refractivity contribution in [3.05, 3.63) is 82.7 Å². The fourth-order valence-corrected chi connectivity index (χ4v) is 4.24. The summed E-state index contributed by atoms with van der Waals surface area (Å²) in [6.45, 7) is 10.3. The lowest BCUT2D eigenvalue weighted by Gasteiger charge is -2.13. The molecule has 3 aromatic rings. The van der Waals surface area contributed by atoms with Crippen LogP contribution >= 0.6 is 11.8 Å². The molecule has 2 aromatic carbocycles. The highest BCUT2D eigenvalue weighted by molar-refractivity contribution is 8.00. The second-order valence-electron chi connectivity index (χ2n) is 7.26. The molecule has 0 saturated carbocycles. The summed E-state index contributed by atoms with van der Waals surface area (Å²) in [4.78, 5) is 13.4. The van der Waals surface area contributed by atoms with Gasteiger partial charge in [0.25, 0.3) is 5.91 Å². The molecule has 0 unspecified atom stereocenters. The summed E-state index contributed by atoms with van der Waals surface area (Å²) in [7, 11) is 0. The van der Waals surface area contributed by atoms with Gasteiger partial charge in [-0.05, 0) is 64.4 Å². The Hall–Kier alpha value is -2.79. The molecule has 0 bridgehead atoms. The Morgan fingerprint density at radius 2 is 1.79 bits per heavy atom. The van der Waals surface area contributed by atoms with Gasteiger partial charge in [0, 0.05) is 27.5 Å². The number of hydrogen-bond donors (Lipinski definition) is 1. The molecule has 3 rings (SSSR count). The second-order valence-corrected chi connectivity index (χ2v) is 8.67. The van der Waals surface area contributed by atoms with E-state index in [-0.39, 0.29) is 11.2 Å². The zero-order chi connectivity index (χ0) is 21.0. The largest absolute Gasteiger partial charge is 0.318 e. The Morgan fingerprint density at radius 3 is 2.48 bits per heavy atom. The quantitative estimate of drug-likeness (QED) is 0.342. The first-order valence-electron chi connectivity index (χ1n) is 9.68. The van der Waals surface area contributed by atoms with Crippen molar-refractivity contribution in [2.75, 3.05) is 0 Å². The molecular weight excluding hydrogens is 378 g/mol. The van der Waals surface area contributed by atoms with Gasteiger partial charge in [0.05, 0.1) is 11.5 Å². The number of carbonyl (C=O) groups excluding carboxylic acids is 1. The molecule has 4 nitrogen and oxygen atoms in total. The lowest BCUT2D eigenvalue weighted by Crippen LogP contribution is -2.26. The molecule has 0 fully saturated rings. The minimum Gasteiger partial charge on any atom is -0.318 e. The lowest BCUT2D eigenvalue weighted by atomic mass is 10.1. The van der Waals surface area contributed by atoms with E-state index in [0.29, 0.717) is 0 Å². The Labute approximate surface area is 177 Å². The highest BCUT2D eigenvalue weighted by Gasteiger charge is 2.14. The predicted octanol–water partition coefficient (Wildman–Crippen LogP) is 5.34. The van der Waals surface area contributed by atoms with Crippen molar-refractivity contribution in [3.63, 3.8) is 0 Å². The molecule has 0 aliphatic carbocycles. The van der Waals surface area contributed by atoms with E-state index in [1.165, 1.54) is 28.6 Å². The molecule has 150 valence electrons. The van der Waals surface area contributed by atoms with Crippen LogP contribution in [0.1, 0.15) is 35.0 Å². The van der Waals surface area contributed by atoms with Crippen molar-refractivity contribution < 1.29 is 4.79 Å². The maximum absolute atomic E-state index is 12.3. The van der Waals surface area contributed by atoms with E-state index in [1.54, 1.807) is 6.21 Å². The normalized spacial score (nSPS) is 12.3. The number of hydrazone groups is 1. The smallest absolute Gasteiger partial charge is 0.253 e. The van der Waals surface area contributed by atoms with Gasteiger partial charge in [-0.1, -0.05) is 35.9 Å². The summed E-state index contributed by atoms with van der Waals surface area (Å²) in [5, 5.41) is 3.97. The third-order valence-electron chi connectivity index (χ3n) is 4.87. The van der Waals surface area contributed by atoms with Crippen molar-refractivity contribution in [2.24, 2.45) is 5.10 Å². The average Bonchev–Trinajstić information content (AvgIpc) is 2.96. The molecule has 1 amide bonds. The van der Waals surface area contributed by atoms with Crippen LogP contribution in [0.2, 0.25) is 0 Å². The van der Waals surface area contributed by atoms with Gasteiger partial charge in [-0.25, -0.2) is 5.43 Å². The molecule has 0 saturated heterocycles. The topological polar surface area (TPSA) is 46.4 Å². The van der Waals surface area contributed by atoms with Gasteiger partial charge in [0.2, 0.25) is 0 Å². The van der Waals surface area contributed by atoms with Crippen LogP contribution in [-0.4, -0.2) is 21.9 Å². The van der Waals surface area contributed by atoms with E-state index >= 15 is 0 Å². The third-order valence-corrected chi connectivity index (χ3v) is 5.98. The Morgan fingerprint density at radius 1 is 1.07 bits per heavy atom. The van der Waals surface area contributed by atoms with E-state index in [9.17, 15) is 4.79 Å². The lowest BCUT2D eigenvalue weighted by molar-refractivity contribution is -0.120. The molecule has 0 radical (unpaired) electrons. The highest BCUT2D eigenvalue weighted by atomic mass is 32.2. The second kappa shape index (κ2) is 9.14. The minimum absolute atomic E-state index is 0.113. The number of hydrogen-bond acceptors (Lipinski definition) is 3. The summed E-state index contributed by atoms with van der Waals surface area (Å²) < 4.78 is 2.23. The number of aryl methyl sites for hydroxylation is 3. The molecule has 0 aliphatic heterocycles. The average molecular weight is 406 g/mol. The monoisotopic (exact) mass is 405 g/mol. The SMILES string of the molecule is Cc1ccc(-n2c(C)cc(/C=N\NC(=O)[C@H](C)Sc3ccccc3)c2C)c(C)c1. The van der Waals surface area contributed by atoms with Crippen LogP contribution in [0.25, 0.3) is 5.69 Å². The molecule has 1 N–H and O–H groups in total. The van der Waals surface area contributed by atoms with Crippen molar-refractivity contribution in [2.45, 2.75) is 44.8 Å². The van der Waals surface area contributed by atoms with Gasteiger partial charge < -0.3 is 4.57 Å². The summed E-state index contributed by atoms with van der Waals surface area (Å²) in [5.74, 6) is -0.113. The molecule has 1 heterocycles. The van der Waals surface area contributed by atoms with Gasteiger partial charge in [0.1, 0.15) is 0 Å². The number of rotatable bonds is 6. The summed E-state index contributed by atoms with van der Waals surface area (Å²) in [6.07, 6.45) is 1.72. The molecular formula is C24H27N3OS. The van der Waals surface area contributed by atoms with Gasteiger partial charge in [-0.2, -0.15) is 5.10 Å². The zero-order valence-corrected chi connectivity index (χ0v) is 18.4. The molecule has 1 atom stereocenters. The van der Waals surface area contributed by atoms with E-state index in [2.05, 4.69) is 67.1 Å².